The zero-order chi connectivity index (χ0) is 16.7. The minimum atomic E-state index is -0.0240. The van der Waals surface area contributed by atoms with Crippen LogP contribution in [0.1, 0.15) is 36.2 Å². The number of aromatic amines is 1. The number of carbonyl (C=O) groups excluding carboxylic acids is 1. The monoisotopic (exact) mass is 312 g/mol. The molecule has 6 nitrogen and oxygen atoms in total. The number of aromatic nitrogens is 2. The molecule has 0 unspecified atom stereocenters. The van der Waals surface area contributed by atoms with Crippen LogP contribution in [-0.2, 0) is 4.79 Å². The first-order valence-corrected chi connectivity index (χ1v) is 7.54. The molecule has 1 heterocycles. The minimum Gasteiger partial charge on any atom is -0.494 e. The van der Waals surface area contributed by atoms with E-state index in [1.165, 1.54) is 0 Å². The molecule has 120 valence electrons. The lowest BCUT2D eigenvalue weighted by Crippen LogP contribution is -2.12. The summed E-state index contributed by atoms with van der Waals surface area (Å²) in [5, 5.41) is 18.6. The van der Waals surface area contributed by atoms with E-state index in [1.807, 2.05) is 19.9 Å². The Kier molecular flexibility index (Phi) is 5.75. The summed E-state index contributed by atoms with van der Waals surface area (Å²) in [6.07, 6.45) is 1.94. The molecule has 0 bridgehead atoms. The highest BCUT2D eigenvalue weighted by atomic mass is 16.5. The molecule has 0 spiro atoms. The lowest BCUT2D eigenvalue weighted by atomic mass is 10.2. The van der Waals surface area contributed by atoms with E-state index in [1.54, 1.807) is 18.2 Å². The van der Waals surface area contributed by atoms with Crippen molar-refractivity contribution in [2.75, 3.05) is 11.9 Å². The summed E-state index contributed by atoms with van der Waals surface area (Å²) in [7, 11) is 0. The summed E-state index contributed by atoms with van der Waals surface area (Å²) in [4.78, 5) is 11.9. The second kappa shape index (κ2) is 7.99. The fraction of sp³-hybridized carbons (Fsp3) is 0.353. The zero-order valence-electron chi connectivity index (χ0n) is 13.3. The Morgan fingerprint density at radius 2 is 2.22 bits per heavy atom. The van der Waals surface area contributed by atoms with Crippen LogP contribution < -0.4 is 10.1 Å². The van der Waals surface area contributed by atoms with Crippen LogP contribution >= 0.6 is 0 Å². The largest absolute Gasteiger partial charge is 0.494 e. The Labute approximate surface area is 135 Å². The van der Waals surface area contributed by atoms with Gasteiger partial charge in [-0.3, -0.25) is 9.89 Å². The average Bonchev–Trinajstić information content (AvgIpc) is 2.86. The molecule has 0 fully saturated rings. The van der Waals surface area contributed by atoms with Crippen molar-refractivity contribution in [3.05, 3.63) is 41.2 Å². The van der Waals surface area contributed by atoms with Gasteiger partial charge in [0.25, 0.3) is 0 Å². The van der Waals surface area contributed by atoms with Crippen molar-refractivity contribution in [3.8, 4) is 11.8 Å². The van der Waals surface area contributed by atoms with Crippen molar-refractivity contribution in [2.24, 2.45) is 0 Å². The number of hydrogen-bond acceptors (Lipinski definition) is 4. The number of H-pyrrole nitrogens is 1. The minimum absolute atomic E-state index is 0.0240. The quantitative estimate of drug-likeness (QED) is 0.769. The maximum atomic E-state index is 11.9. The molecule has 0 radical (unpaired) electrons. The molecular formula is C17H20N4O2. The van der Waals surface area contributed by atoms with Crippen LogP contribution in [0, 0.1) is 25.2 Å². The van der Waals surface area contributed by atoms with Crippen LogP contribution in [0.25, 0.3) is 0 Å². The summed E-state index contributed by atoms with van der Waals surface area (Å²) in [5.74, 6) is 0.655. The number of amides is 1. The molecule has 0 saturated heterocycles. The molecule has 2 aromatic rings. The number of unbranched alkanes of at least 4 members (excludes halogenated alkanes) is 1. The SMILES string of the molecule is Cc1n[nH]c(C)c1NC(=O)CCCCOc1cccc(C#N)c1. The van der Waals surface area contributed by atoms with E-state index in [-0.39, 0.29) is 5.91 Å². The highest BCUT2D eigenvalue weighted by Crippen LogP contribution is 2.17. The Hall–Kier alpha value is -2.81. The molecule has 1 aromatic heterocycles. The molecule has 2 N–H and O–H groups in total. The van der Waals surface area contributed by atoms with Gasteiger partial charge in [-0.05, 0) is 44.9 Å². The number of rotatable bonds is 7. The topological polar surface area (TPSA) is 90.8 Å². The number of carbonyl (C=O) groups is 1. The average molecular weight is 312 g/mol. The third-order valence-electron chi connectivity index (χ3n) is 3.42. The molecule has 0 saturated carbocycles. The molecule has 1 aromatic carbocycles. The Morgan fingerprint density at radius 1 is 1.39 bits per heavy atom. The fourth-order valence-electron chi connectivity index (χ4n) is 2.17. The highest BCUT2D eigenvalue weighted by molar-refractivity contribution is 5.91. The second-order valence-electron chi connectivity index (χ2n) is 5.30. The number of anilines is 1. The van der Waals surface area contributed by atoms with Gasteiger partial charge in [-0.25, -0.2) is 0 Å². The van der Waals surface area contributed by atoms with Gasteiger partial charge in [0.15, 0.2) is 0 Å². The van der Waals surface area contributed by atoms with Crippen molar-refractivity contribution >= 4 is 11.6 Å². The Bertz CT molecular complexity index is 696. The number of benzene rings is 1. The predicted molar refractivity (Wildman–Crippen MR) is 87.2 cm³/mol. The van der Waals surface area contributed by atoms with Crippen molar-refractivity contribution in [1.82, 2.24) is 10.2 Å². The van der Waals surface area contributed by atoms with Crippen molar-refractivity contribution in [2.45, 2.75) is 33.1 Å². The van der Waals surface area contributed by atoms with Crippen molar-refractivity contribution in [3.63, 3.8) is 0 Å². The fourth-order valence-corrected chi connectivity index (χ4v) is 2.17. The van der Waals surface area contributed by atoms with E-state index in [4.69, 9.17) is 10.00 Å². The van der Waals surface area contributed by atoms with Crippen molar-refractivity contribution < 1.29 is 9.53 Å². The molecule has 0 aliphatic rings. The number of nitrogens with zero attached hydrogens (tertiary/aromatic N) is 2. The molecule has 2 rings (SSSR count). The van der Waals surface area contributed by atoms with Crippen LogP contribution in [0.5, 0.6) is 5.75 Å². The molecule has 1 amide bonds. The standard InChI is InChI=1S/C17H20N4O2/c1-12-17(13(2)21-20-12)19-16(22)8-3-4-9-23-15-7-5-6-14(10-15)11-18/h5-7,10H,3-4,8-9H2,1-2H3,(H,19,22)(H,20,21). The first kappa shape index (κ1) is 16.6. The molecule has 6 heteroatoms. The van der Waals surface area contributed by atoms with Gasteiger partial charge in [0.2, 0.25) is 5.91 Å². The van der Waals surface area contributed by atoms with E-state index >= 15 is 0 Å². The lowest BCUT2D eigenvalue weighted by Gasteiger charge is -2.07. The van der Waals surface area contributed by atoms with Gasteiger partial charge in [-0.1, -0.05) is 6.07 Å². The molecule has 0 atom stereocenters. The first-order chi connectivity index (χ1) is 11.1. The number of hydrogen-bond donors (Lipinski definition) is 2. The summed E-state index contributed by atoms with van der Waals surface area (Å²) in [6.45, 7) is 4.24. The van der Waals surface area contributed by atoms with E-state index in [0.29, 0.717) is 24.3 Å². The molecule has 0 aliphatic heterocycles. The summed E-state index contributed by atoms with van der Waals surface area (Å²) < 4.78 is 5.58. The van der Waals surface area contributed by atoms with Gasteiger partial charge in [0.1, 0.15) is 5.75 Å². The molecule has 0 aliphatic carbocycles. The van der Waals surface area contributed by atoms with E-state index in [9.17, 15) is 4.79 Å². The van der Waals surface area contributed by atoms with E-state index in [0.717, 1.165) is 29.9 Å². The smallest absolute Gasteiger partial charge is 0.224 e. The normalized spacial score (nSPS) is 10.1. The maximum absolute atomic E-state index is 11.9. The van der Waals surface area contributed by atoms with Crippen molar-refractivity contribution in [1.29, 1.82) is 5.26 Å². The van der Waals surface area contributed by atoms with Crippen LogP contribution in [0.15, 0.2) is 24.3 Å². The maximum Gasteiger partial charge on any atom is 0.224 e. The van der Waals surface area contributed by atoms with Gasteiger partial charge in [0.05, 0.1) is 35.3 Å². The number of ether oxygens (including phenoxy) is 1. The Balaban J connectivity index is 1.67. The summed E-state index contributed by atoms with van der Waals surface area (Å²) in [6, 6.07) is 9.12. The highest BCUT2D eigenvalue weighted by Gasteiger charge is 2.09. The van der Waals surface area contributed by atoms with Gasteiger partial charge in [-0.2, -0.15) is 10.4 Å². The van der Waals surface area contributed by atoms with E-state index in [2.05, 4.69) is 21.6 Å². The number of nitrogens with one attached hydrogen (secondary N) is 2. The van der Waals surface area contributed by atoms with Crippen LogP contribution in [0.2, 0.25) is 0 Å². The van der Waals surface area contributed by atoms with Crippen LogP contribution in [-0.4, -0.2) is 22.7 Å². The second-order valence-corrected chi connectivity index (χ2v) is 5.30. The van der Waals surface area contributed by atoms with Crippen LogP contribution in [0.4, 0.5) is 5.69 Å². The summed E-state index contributed by atoms with van der Waals surface area (Å²) in [5.41, 5.74) is 2.99. The van der Waals surface area contributed by atoms with Gasteiger partial charge >= 0.3 is 0 Å². The predicted octanol–water partition coefficient (Wildman–Crippen LogP) is 3.09. The summed E-state index contributed by atoms with van der Waals surface area (Å²) >= 11 is 0. The van der Waals surface area contributed by atoms with Gasteiger partial charge < -0.3 is 10.1 Å². The number of nitriles is 1. The lowest BCUT2D eigenvalue weighted by molar-refractivity contribution is -0.116. The third kappa shape index (κ3) is 4.85. The van der Waals surface area contributed by atoms with Gasteiger partial charge in [-0.15, -0.1) is 0 Å². The van der Waals surface area contributed by atoms with E-state index < -0.39 is 0 Å². The first-order valence-electron chi connectivity index (χ1n) is 7.54. The number of aryl methyl sites for hydroxylation is 2. The molecular weight excluding hydrogens is 292 g/mol. The Morgan fingerprint density at radius 3 is 2.91 bits per heavy atom. The van der Waals surface area contributed by atoms with Crippen LogP contribution in [0.3, 0.4) is 0 Å². The van der Waals surface area contributed by atoms with Gasteiger partial charge in [0, 0.05) is 6.42 Å². The molecule has 23 heavy (non-hydrogen) atoms. The zero-order valence-corrected chi connectivity index (χ0v) is 13.3. The third-order valence-corrected chi connectivity index (χ3v) is 3.42.